The third kappa shape index (κ3) is 3.23. The average Bonchev–Trinajstić information content (AvgIpc) is 3.15. The summed E-state index contributed by atoms with van der Waals surface area (Å²) in [5.41, 5.74) is 0.698. The van der Waals surface area contributed by atoms with E-state index in [1.165, 1.54) is 11.3 Å². The molecule has 0 spiro atoms. The molecule has 0 saturated carbocycles. The minimum atomic E-state index is -0.879. The molecule has 1 aromatic heterocycles. The molecule has 2 aromatic rings. The summed E-state index contributed by atoms with van der Waals surface area (Å²) in [4.78, 5) is 38.8. The summed E-state index contributed by atoms with van der Waals surface area (Å²) in [7, 11) is 0. The number of carbonyl (C=O) groups excluding carboxylic acids is 2. The lowest BCUT2D eigenvalue weighted by molar-refractivity contribution is -0.143. The number of ketones is 1. The van der Waals surface area contributed by atoms with Crippen molar-refractivity contribution in [1.82, 2.24) is 4.90 Å². The fourth-order valence-corrected chi connectivity index (χ4v) is 3.62. The van der Waals surface area contributed by atoms with Gasteiger partial charge in [0.1, 0.15) is 0 Å². The standard InChI is InChI=1S/C18H17NO4S/c20-16(15-8-4-10-24-15)13-6-1-2-7-14(13)17(21)19-9-3-5-12(11-19)18(22)23/h1-2,4,6-8,10,12H,3,5,9,11H2,(H,22,23)/t12-/m1/s1. The summed E-state index contributed by atoms with van der Waals surface area (Å²) < 4.78 is 0. The first-order valence-corrected chi connectivity index (χ1v) is 8.65. The van der Waals surface area contributed by atoms with Gasteiger partial charge in [-0.3, -0.25) is 14.4 Å². The van der Waals surface area contributed by atoms with Crippen LogP contribution in [0.1, 0.15) is 38.4 Å². The summed E-state index contributed by atoms with van der Waals surface area (Å²) in [5, 5.41) is 11.0. The summed E-state index contributed by atoms with van der Waals surface area (Å²) >= 11 is 1.33. The number of nitrogens with zero attached hydrogens (tertiary/aromatic N) is 1. The molecule has 5 nitrogen and oxygen atoms in total. The van der Waals surface area contributed by atoms with Crippen LogP contribution in [0.4, 0.5) is 0 Å². The van der Waals surface area contributed by atoms with E-state index in [-0.39, 0.29) is 18.2 Å². The number of rotatable bonds is 4. The highest BCUT2D eigenvalue weighted by atomic mass is 32.1. The Labute approximate surface area is 143 Å². The zero-order valence-corrected chi connectivity index (χ0v) is 13.8. The van der Waals surface area contributed by atoms with Gasteiger partial charge in [0.2, 0.25) is 5.78 Å². The van der Waals surface area contributed by atoms with E-state index in [1.54, 1.807) is 41.3 Å². The molecule has 0 aliphatic carbocycles. The maximum atomic E-state index is 12.8. The van der Waals surface area contributed by atoms with Crippen molar-refractivity contribution in [3.63, 3.8) is 0 Å². The van der Waals surface area contributed by atoms with E-state index in [9.17, 15) is 19.5 Å². The number of piperidine rings is 1. The molecule has 24 heavy (non-hydrogen) atoms. The number of likely N-dealkylation sites (tertiary alicyclic amines) is 1. The molecule has 2 heterocycles. The Kier molecular flexibility index (Phi) is 4.76. The van der Waals surface area contributed by atoms with E-state index in [4.69, 9.17) is 0 Å². The van der Waals surface area contributed by atoms with Crippen molar-refractivity contribution in [2.75, 3.05) is 13.1 Å². The molecule has 1 N–H and O–H groups in total. The van der Waals surface area contributed by atoms with E-state index < -0.39 is 11.9 Å². The molecular weight excluding hydrogens is 326 g/mol. The first-order valence-electron chi connectivity index (χ1n) is 7.77. The van der Waals surface area contributed by atoms with Gasteiger partial charge >= 0.3 is 5.97 Å². The Hall–Kier alpha value is -2.47. The van der Waals surface area contributed by atoms with Gasteiger partial charge in [-0.05, 0) is 30.4 Å². The molecule has 1 atom stereocenters. The molecule has 1 saturated heterocycles. The van der Waals surface area contributed by atoms with Gasteiger partial charge in [-0.1, -0.05) is 24.3 Å². The molecule has 0 radical (unpaired) electrons. The minimum absolute atomic E-state index is 0.180. The van der Waals surface area contributed by atoms with Crippen LogP contribution in [0.25, 0.3) is 0 Å². The number of aliphatic carboxylic acids is 1. The lowest BCUT2D eigenvalue weighted by Crippen LogP contribution is -2.42. The van der Waals surface area contributed by atoms with Crippen molar-refractivity contribution < 1.29 is 19.5 Å². The fraction of sp³-hybridized carbons (Fsp3) is 0.278. The largest absolute Gasteiger partial charge is 0.481 e. The number of carbonyl (C=O) groups is 3. The second-order valence-corrected chi connectivity index (χ2v) is 6.73. The topological polar surface area (TPSA) is 74.7 Å². The van der Waals surface area contributed by atoms with Crippen molar-refractivity contribution in [3.05, 3.63) is 57.8 Å². The first-order chi connectivity index (χ1) is 11.6. The van der Waals surface area contributed by atoms with Crippen LogP contribution in [0.3, 0.4) is 0 Å². The van der Waals surface area contributed by atoms with Crippen molar-refractivity contribution in [1.29, 1.82) is 0 Å². The summed E-state index contributed by atoms with van der Waals surface area (Å²) in [6, 6.07) is 10.3. The number of hydrogen-bond acceptors (Lipinski definition) is 4. The molecule has 124 valence electrons. The molecule has 3 rings (SSSR count). The van der Waals surface area contributed by atoms with Crippen LogP contribution in [-0.4, -0.2) is 40.8 Å². The first kappa shape index (κ1) is 16.4. The van der Waals surface area contributed by atoms with Crippen LogP contribution in [0.15, 0.2) is 41.8 Å². The predicted molar refractivity (Wildman–Crippen MR) is 90.5 cm³/mol. The Morgan fingerprint density at radius 3 is 2.50 bits per heavy atom. The number of benzene rings is 1. The number of carboxylic acid groups (broad SMARTS) is 1. The average molecular weight is 343 g/mol. The van der Waals surface area contributed by atoms with Crippen molar-refractivity contribution >= 4 is 29.0 Å². The molecular formula is C18H17NO4S. The fourth-order valence-electron chi connectivity index (χ4n) is 2.94. The SMILES string of the molecule is O=C(c1cccs1)c1ccccc1C(=O)N1CCC[C@@H](C(=O)O)C1. The minimum Gasteiger partial charge on any atom is -0.481 e. The predicted octanol–water partition coefficient (Wildman–Crippen LogP) is 2.92. The second kappa shape index (κ2) is 6.97. The lowest BCUT2D eigenvalue weighted by atomic mass is 9.96. The Morgan fingerprint density at radius 1 is 1.08 bits per heavy atom. The van der Waals surface area contributed by atoms with Crippen molar-refractivity contribution in [2.24, 2.45) is 5.92 Å². The molecule has 0 bridgehead atoms. The molecule has 1 aliphatic rings. The van der Waals surface area contributed by atoms with Crippen molar-refractivity contribution in [2.45, 2.75) is 12.8 Å². The zero-order chi connectivity index (χ0) is 17.1. The van der Waals surface area contributed by atoms with E-state index in [0.717, 1.165) is 0 Å². The maximum absolute atomic E-state index is 12.8. The monoisotopic (exact) mass is 343 g/mol. The highest BCUT2D eigenvalue weighted by molar-refractivity contribution is 7.12. The van der Waals surface area contributed by atoms with Crippen LogP contribution in [0, 0.1) is 5.92 Å². The number of amides is 1. The van der Waals surface area contributed by atoms with Gasteiger partial charge in [0.25, 0.3) is 5.91 Å². The Bertz CT molecular complexity index is 769. The van der Waals surface area contributed by atoms with E-state index in [0.29, 0.717) is 35.4 Å². The van der Waals surface area contributed by atoms with Gasteiger partial charge in [0, 0.05) is 18.7 Å². The van der Waals surface area contributed by atoms with E-state index in [2.05, 4.69) is 0 Å². The normalized spacial score (nSPS) is 17.5. The summed E-state index contributed by atoms with van der Waals surface area (Å²) in [5.74, 6) is -1.87. The molecule has 1 aliphatic heterocycles. The van der Waals surface area contributed by atoms with Crippen LogP contribution in [-0.2, 0) is 4.79 Å². The Balaban J connectivity index is 1.88. The van der Waals surface area contributed by atoms with Crippen LogP contribution >= 0.6 is 11.3 Å². The maximum Gasteiger partial charge on any atom is 0.308 e. The van der Waals surface area contributed by atoms with Gasteiger partial charge in [-0.2, -0.15) is 0 Å². The molecule has 1 fully saturated rings. The third-order valence-corrected chi connectivity index (χ3v) is 5.07. The highest BCUT2D eigenvalue weighted by Gasteiger charge is 2.30. The van der Waals surface area contributed by atoms with Crippen molar-refractivity contribution in [3.8, 4) is 0 Å². The summed E-state index contributed by atoms with van der Waals surface area (Å²) in [6.07, 6.45) is 1.23. The van der Waals surface area contributed by atoms with E-state index >= 15 is 0 Å². The van der Waals surface area contributed by atoms with Gasteiger partial charge < -0.3 is 10.0 Å². The smallest absolute Gasteiger partial charge is 0.308 e. The quantitative estimate of drug-likeness (QED) is 0.866. The zero-order valence-electron chi connectivity index (χ0n) is 13.0. The number of hydrogen-bond donors (Lipinski definition) is 1. The molecule has 6 heteroatoms. The second-order valence-electron chi connectivity index (χ2n) is 5.78. The van der Waals surface area contributed by atoms with Crippen LogP contribution in [0.5, 0.6) is 0 Å². The van der Waals surface area contributed by atoms with E-state index in [1.807, 2.05) is 5.38 Å². The highest BCUT2D eigenvalue weighted by Crippen LogP contribution is 2.23. The lowest BCUT2D eigenvalue weighted by Gasteiger charge is -2.31. The molecule has 1 amide bonds. The van der Waals surface area contributed by atoms with Gasteiger partial charge in [0.15, 0.2) is 0 Å². The number of carboxylic acids is 1. The van der Waals surface area contributed by atoms with Gasteiger partial charge in [-0.15, -0.1) is 11.3 Å². The van der Waals surface area contributed by atoms with Crippen LogP contribution < -0.4 is 0 Å². The van der Waals surface area contributed by atoms with Crippen LogP contribution in [0.2, 0.25) is 0 Å². The summed E-state index contributed by atoms with van der Waals surface area (Å²) in [6.45, 7) is 0.708. The number of thiophene rings is 1. The molecule has 1 aromatic carbocycles. The van der Waals surface area contributed by atoms with Gasteiger partial charge in [-0.25, -0.2) is 0 Å². The van der Waals surface area contributed by atoms with Gasteiger partial charge in [0.05, 0.1) is 16.4 Å². The third-order valence-electron chi connectivity index (χ3n) is 4.20. The molecule has 0 unspecified atom stereocenters. The Morgan fingerprint density at radius 2 is 1.83 bits per heavy atom.